The molecule has 0 unspecified atom stereocenters. The molecule has 0 saturated heterocycles. The van der Waals surface area contributed by atoms with Crippen LogP contribution in [-0.2, 0) is 6.54 Å². The van der Waals surface area contributed by atoms with E-state index in [4.69, 9.17) is 14.3 Å². The Kier molecular flexibility index (Phi) is 5.85. The summed E-state index contributed by atoms with van der Waals surface area (Å²) in [4.78, 5) is 25.0. The molecule has 1 amide bonds. The molecule has 1 heterocycles. The van der Waals surface area contributed by atoms with Crippen LogP contribution >= 0.6 is 0 Å². The van der Waals surface area contributed by atoms with Gasteiger partial charge in [0.1, 0.15) is 22.8 Å². The Morgan fingerprint density at radius 3 is 2.40 bits per heavy atom. The fourth-order valence-electron chi connectivity index (χ4n) is 2.32. The van der Waals surface area contributed by atoms with Gasteiger partial charge in [0, 0.05) is 12.6 Å². The van der Waals surface area contributed by atoms with Crippen molar-refractivity contribution >= 4 is 11.9 Å². The van der Waals surface area contributed by atoms with E-state index in [1.165, 1.54) is 11.0 Å². The van der Waals surface area contributed by atoms with Crippen LogP contribution in [0.5, 0.6) is 5.75 Å². The Morgan fingerprint density at radius 1 is 1.24 bits per heavy atom. The number of carbonyl (C=O) groups is 2. The van der Waals surface area contributed by atoms with Gasteiger partial charge >= 0.3 is 5.97 Å². The maximum absolute atomic E-state index is 12.5. The molecule has 0 spiro atoms. The summed E-state index contributed by atoms with van der Waals surface area (Å²) in [5.41, 5.74) is 0.642. The van der Waals surface area contributed by atoms with Gasteiger partial charge in [0.05, 0.1) is 13.2 Å². The van der Waals surface area contributed by atoms with Crippen molar-refractivity contribution in [3.63, 3.8) is 0 Å². The van der Waals surface area contributed by atoms with Crippen molar-refractivity contribution in [1.29, 1.82) is 0 Å². The molecular weight excluding hydrogens is 322 g/mol. The van der Waals surface area contributed by atoms with Gasteiger partial charge in [-0.15, -0.1) is 0 Å². The largest absolute Gasteiger partial charge is 0.493 e. The molecule has 0 aliphatic carbocycles. The predicted molar refractivity (Wildman–Crippen MR) is 93.0 cm³/mol. The topological polar surface area (TPSA) is 80.0 Å². The van der Waals surface area contributed by atoms with E-state index in [0.29, 0.717) is 29.6 Å². The highest BCUT2D eigenvalue weighted by Gasteiger charge is 2.18. The average molecular weight is 345 g/mol. The zero-order valence-electron chi connectivity index (χ0n) is 14.9. The number of nitrogens with zero attached hydrogens (tertiary/aromatic N) is 1. The fourth-order valence-corrected chi connectivity index (χ4v) is 2.32. The number of carbonyl (C=O) groups excluding carboxylic acids is 1. The van der Waals surface area contributed by atoms with E-state index in [1.54, 1.807) is 38.2 Å². The highest BCUT2D eigenvalue weighted by Crippen LogP contribution is 2.18. The number of amides is 1. The Labute approximate surface area is 147 Å². The van der Waals surface area contributed by atoms with Crippen LogP contribution < -0.4 is 4.74 Å². The van der Waals surface area contributed by atoms with Crippen LogP contribution in [0.4, 0.5) is 0 Å². The Morgan fingerprint density at radius 2 is 1.88 bits per heavy atom. The van der Waals surface area contributed by atoms with Crippen LogP contribution in [0.15, 0.2) is 34.7 Å². The summed E-state index contributed by atoms with van der Waals surface area (Å²) >= 11 is 0. The van der Waals surface area contributed by atoms with Crippen LogP contribution in [0, 0.1) is 12.8 Å². The van der Waals surface area contributed by atoms with E-state index in [9.17, 15) is 9.59 Å². The van der Waals surface area contributed by atoms with Crippen LogP contribution in [0.1, 0.15) is 46.1 Å². The highest BCUT2D eigenvalue weighted by molar-refractivity contribution is 5.94. The standard InChI is InChI=1S/C19H23NO5/c1-12(2)11-24-15-7-5-14(6-8-15)18(21)20(4)10-16-9-17(19(22)23)13(3)25-16/h5-9,12H,10-11H2,1-4H3,(H,22,23). The third kappa shape index (κ3) is 4.86. The summed E-state index contributed by atoms with van der Waals surface area (Å²) in [6, 6.07) is 8.41. The van der Waals surface area contributed by atoms with E-state index in [-0.39, 0.29) is 18.0 Å². The maximum Gasteiger partial charge on any atom is 0.339 e. The summed E-state index contributed by atoms with van der Waals surface area (Å²) in [6.45, 7) is 6.54. The van der Waals surface area contributed by atoms with Crippen LogP contribution in [0.2, 0.25) is 0 Å². The molecule has 134 valence electrons. The van der Waals surface area contributed by atoms with Gasteiger partial charge in [0.15, 0.2) is 0 Å². The second-order valence-corrected chi connectivity index (χ2v) is 6.38. The minimum absolute atomic E-state index is 0.113. The first-order valence-electron chi connectivity index (χ1n) is 8.09. The van der Waals surface area contributed by atoms with Gasteiger partial charge in [-0.1, -0.05) is 13.8 Å². The SMILES string of the molecule is Cc1oc(CN(C)C(=O)c2ccc(OCC(C)C)cc2)cc1C(=O)O. The minimum Gasteiger partial charge on any atom is -0.493 e. The first kappa shape index (κ1) is 18.6. The molecule has 6 nitrogen and oxygen atoms in total. The van der Waals surface area contributed by atoms with E-state index >= 15 is 0 Å². The molecule has 1 aromatic heterocycles. The zero-order valence-corrected chi connectivity index (χ0v) is 14.9. The quantitative estimate of drug-likeness (QED) is 0.829. The molecule has 0 aliphatic heterocycles. The molecule has 0 atom stereocenters. The van der Waals surface area contributed by atoms with Crippen molar-refractivity contribution in [2.24, 2.45) is 5.92 Å². The molecule has 25 heavy (non-hydrogen) atoms. The van der Waals surface area contributed by atoms with Crippen molar-refractivity contribution in [2.75, 3.05) is 13.7 Å². The second-order valence-electron chi connectivity index (χ2n) is 6.38. The minimum atomic E-state index is -1.04. The third-order valence-corrected chi connectivity index (χ3v) is 3.62. The molecule has 2 aromatic rings. The Hall–Kier alpha value is -2.76. The van der Waals surface area contributed by atoms with Crippen LogP contribution in [-0.4, -0.2) is 35.5 Å². The molecule has 2 rings (SSSR count). The molecule has 0 radical (unpaired) electrons. The smallest absolute Gasteiger partial charge is 0.339 e. The first-order chi connectivity index (χ1) is 11.8. The predicted octanol–water partition coefficient (Wildman–Crippen LogP) is 3.59. The molecule has 0 saturated carbocycles. The number of hydrogen-bond donors (Lipinski definition) is 1. The summed E-state index contributed by atoms with van der Waals surface area (Å²) in [7, 11) is 1.64. The number of aryl methyl sites for hydroxylation is 1. The van der Waals surface area contributed by atoms with Gasteiger partial charge in [-0.3, -0.25) is 4.79 Å². The molecule has 0 aliphatic rings. The number of furan rings is 1. The fraction of sp³-hybridized carbons (Fsp3) is 0.368. The van der Waals surface area contributed by atoms with Gasteiger partial charge < -0.3 is 19.2 Å². The lowest BCUT2D eigenvalue weighted by Gasteiger charge is -2.16. The number of benzene rings is 1. The molecule has 0 bridgehead atoms. The van der Waals surface area contributed by atoms with E-state index < -0.39 is 5.97 Å². The van der Waals surface area contributed by atoms with Crippen molar-refractivity contribution < 1.29 is 23.8 Å². The first-order valence-corrected chi connectivity index (χ1v) is 8.09. The van der Waals surface area contributed by atoms with Crippen LogP contribution in [0.3, 0.4) is 0 Å². The number of hydrogen-bond acceptors (Lipinski definition) is 4. The van der Waals surface area contributed by atoms with Gasteiger partial charge in [0.25, 0.3) is 5.91 Å². The summed E-state index contributed by atoms with van der Waals surface area (Å²) in [5.74, 6) is 0.693. The van der Waals surface area contributed by atoms with Crippen molar-refractivity contribution in [2.45, 2.75) is 27.3 Å². The molecule has 1 aromatic carbocycles. The molecule has 0 fully saturated rings. The maximum atomic E-state index is 12.5. The lowest BCUT2D eigenvalue weighted by atomic mass is 10.2. The second kappa shape index (κ2) is 7.88. The normalized spacial score (nSPS) is 10.8. The zero-order chi connectivity index (χ0) is 18.6. The molecular formula is C19H23NO5. The monoisotopic (exact) mass is 345 g/mol. The van der Waals surface area contributed by atoms with Crippen molar-refractivity contribution in [1.82, 2.24) is 4.90 Å². The Bertz CT molecular complexity index is 746. The number of rotatable bonds is 7. The molecule has 1 N–H and O–H groups in total. The summed E-state index contributed by atoms with van der Waals surface area (Å²) < 4.78 is 11.0. The van der Waals surface area contributed by atoms with Crippen molar-refractivity contribution in [3.8, 4) is 5.75 Å². The summed E-state index contributed by atoms with van der Waals surface area (Å²) in [6.07, 6.45) is 0. The lowest BCUT2D eigenvalue weighted by Crippen LogP contribution is -2.25. The highest BCUT2D eigenvalue weighted by atomic mass is 16.5. The van der Waals surface area contributed by atoms with E-state index in [0.717, 1.165) is 5.75 Å². The van der Waals surface area contributed by atoms with E-state index in [1.807, 2.05) is 0 Å². The number of ether oxygens (including phenoxy) is 1. The lowest BCUT2D eigenvalue weighted by molar-refractivity contribution is 0.0694. The number of carboxylic acids is 1. The average Bonchev–Trinajstić information content (AvgIpc) is 2.93. The van der Waals surface area contributed by atoms with Crippen LogP contribution in [0.25, 0.3) is 0 Å². The number of carboxylic acid groups (broad SMARTS) is 1. The third-order valence-electron chi connectivity index (χ3n) is 3.62. The summed E-state index contributed by atoms with van der Waals surface area (Å²) in [5, 5.41) is 9.05. The van der Waals surface area contributed by atoms with E-state index in [2.05, 4.69) is 13.8 Å². The van der Waals surface area contributed by atoms with Gasteiger partial charge in [-0.2, -0.15) is 0 Å². The van der Waals surface area contributed by atoms with Crippen molar-refractivity contribution in [3.05, 3.63) is 53.0 Å². The van der Waals surface area contributed by atoms with Gasteiger partial charge in [0.2, 0.25) is 0 Å². The van der Waals surface area contributed by atoms with Gasteiger partial charge in [-0.25, -0.2) is 4.79 Å². The Balaban J connectivity index is 2.02. The molecule has 6 heteroatoms. The number of aromatic carboxylic acids is 1. The van der Waals surface area contributed by atoms with Gasteiger partial charge in [-0.05, 0) is 43.2 Å².